The van der Waals surface area contributed by atoms with Gasteiger partial charge in [0.25, 0.3) is 5.56 Å². The summed E-state index contributed by atoms with van der Waals surface area (Å²) in [5.74, 6) is 2.27. The number of hydrogen-bond donors (Lipinski definition) is 1. The first-order chi connectivity index (χ1) is 16.1. The molecule has 0 radical (unpaired) electrons. The predicted molar refractivity (Wildman–Crippen MR) is 129 cm³/mol. The van der Waals surface area contributed by atoms with Crippen LogP contribution in [0.4, 0.5) is 0 Å². The minimum atomic E-state index is -0.0458. The van der Waals surface area contributed by atoms with E-state index in [2.05, 4.69) is 27.3 Å². The van der Waals surface area contributed by atoms with E-state index in [1.807, 2.05) is 24.4 Å². The number of unbranched alkanes of at least 4 members (excludes halogenated alkanes) is 3. The summed E-state index contributed by atoms with van der Waals surface area (Å²) in [6.07, 6.45) is 11.1. The molecule has 7 heteroatoms. The summed E-state index contributed by atoms with van der Waals surface area (Å²) in [6, 6.07) is 7.35. The number of imidazole rings is 1. The molecule has 0 saturated heterocycles. The maximum atomic E-state index is 12.0. The number of methoxy groups -OCH3 is 1. The van der Waals surface area contributed by atoms with E-state index < -0.39 is 0 Å². The SMILES string of the molecule is C=C=C(CCCCCCc1ncc(-c2cc3ccc(=O)n(C)c3cc2OC)[nH]1)c1ncco1. The van der Waals surface area contributed by atoms with Crippen LogP contribution in [0.3, 0.4) is 0 Å². The molecule has 4 aromatic rings. The molecule has 33 heavy (non-hydrogen) atoms. The highest BCUT2D eigenvalue weighted by atomic mass is 16.5. The molecule has 0 fully saturated rings. The molecule has 0 atom stereocenters. The summed E-state index contributed by atoms with van der Waals surface area (Å²) >= 11 is 0. The van der Waals surface area contributed by atoms with Gasteiger partial charge in [0.2, 0.25) is 5.89 Å². The Morgan fingerprint density at radius 2 is 2.06 bits per heavy atom. The van der Waals surface area contributed by atoms with Crippen molar-refractivity contribution in [2.75, 3.05) is 7.11 Å². The largest absolute Gasteiger partial charge is 0.496 e. The van der Waals surface area contributed by atoms with Crippen molar-refractivity contribution in [1.82, 2.24) is 19.5 Å². The van der Waals surface area contributed by atoms with Gasteiger partial charge in [0.15, 0.2) is 0 Å². The van der Waals surface area contributed by atoms with Crippen molar-refractivity contribution in [3.8, 4) is 17.0 Å². The highest BCUT2D eigenvalue weighted by molar-refractivity contribution is 5.87. The van der Waals surface area contributed by atoms with Crippen molar-refractivity contribution < 1.29 is 9.15 Å². The summed E-state index contributed by atoms with van der Waals surface area (Å²) in [6.45, 7) is 3.74. The van der Waals surface area contributed by atoms with Gasteiger partial charge in [0.1, 0.15) is 17.8 Å². The van der Waals surface area contributed by atoms with Gasteiger partial charge in [-0.3, -0.25) is 4.79 Å². The quantitative estimate of drug-likeness (QED) is 0.265. The van der Waals surface area contributed by atoms with Crippen LogP contribution in [-0.2, 0) is 13.5 Å². The number of H-pyrrole nitrogens is 1. The number of ether oxygens (including phenoxy) is 1. The molecule has 0 aliphatic carbocycles. The van der Waals surface area contributed by atoms with Crippen LogP contribution in [0.1, 0.15) is 43.8 Å². The Morgan fingerprint density at radius 3 is 2.82 bits per heavy atom. The van der Waals surface area contributed by atoms with Crippen molar-refractivity contribution in [3.05, 3.63) is 77.3 Å². The summed E-state index contributed by atoms with van der Waals surface area (Å²) < 4.78 is 12.6. The smallest absolute Gasteiger partial charge is 0.250 e. The minimum absolute atomic E-state index is 0.0458. The summed E-state index contributed by atoms with van der Waals surface area (Å²) in [7, 11) is 3.40. The second-order valence-electron chi connectivity index (χ2n) is 7.99. The lowest BCUT2D eigenvalue weighted by atomic mass is 10.1. The monoisotopic (exact) mass is 444 g/mol. The number of aromatic amines is 1. The second-order valence-corrected chi connectivity index (χ2v) is 7.99. The molecule has 3 aromatic heterocycles. The fourth-order valence-electron chi connectivity index (χ4n) is 4.00. The first-order valence-corrected chi connectivity index (χ1v) is 11.1. The first-order valence-electron chi connectivity index (χ1n) is 11.1. The zero-order valence-corrected chi connectivity index (χ0v) is 19.1. The van der Waals surface area contributed by atoms with Gasteiger partial charge in [-0.15, -0.1) is 5.73 Å². The van der Waals surface area contributed by atoms with Crippen LogP contribution >= 0.6 is 0 Å². The van der Waals surface area contributed by atoms with E-state index in [0.29, 0.717) is 11.6 Å². The van der Waals surface area contributed by atoms with Crippen LogP contribution in [0.2, 0.25) is 0 Å². The van der Waals surface area contributed by atoms with E-state index in [9.17, 15) is 4.79 Å². The third-order valence-electron chi connectivity index (χ3n) is 5.86. The molecular formula is C26H28N4O3. The summed E-state index contributed by atoms with van der Waals surface area (Å²) in [5, 5.41) is 0.974. The van der Waals surface area contributed by atoms with E-state index in [4.69, 9.17) is 9.15 Å². The molecule has 7 nitrogen and oxygen atoms in total. The zero-order valence-electron chi connectivity index (χ0n) is 19.1. The lowest BCUT2D eigenvalue weighted by molar-refractivity contribution is 0.416. The van der Waals surface area contributed by atoms with Gasteiger partial charge in [0.05, 0.1) is 36.3 Å². The van der Waals surface area contributed by atoms with Gasteiger partial charge in [0, 0.05) is 31.2 Å². The molecule has 0 unspecified atom stereocenters. The van der Waals surface area contributed by atoms with Gasteiger partial charge < -0.3 is 18.7 Å². The molecule has 0 aliphatic heterocycles. The predicted octanol–water partition coefficient (Wildman–Crippen LogP) is 5.29. The van der Waals surface area contributed by atoms with Crippen LogP contribution in [0.15, 0.2) is 64.4 Å². The van der Waals surface area contributed by atoms with E-state index in [-0.39, 0.29) is 5.56 Å². The molecule has 3 heterocycles. The van der Waals surface area contributed by atoms with Crippen molar-refractivity contribution in [2.45, 2.75) is 38.5 Å². The Kier molecular flexibility index (Phi) is 6.91. The molecule has 0 spiro atoms. The number of nitrogens with zero attached hydrogens (tertiary/aromatic N) is 3. The van der Waals surface area contributed by atoms with Crippen molar-refractivity contribution in [1.29, 1.82) is 0 Å². The average molecular weight is 445 g/mol. The molecule has 0 aliphatic rings. The number of nitrogens with one attached hydrogen (secondary N) is 1. The van der Waals surface area contributed by atoms with Crippen LogP contribution in [0.5, 0.6) is 5.75 Å². The van der Waals surface area contributed by atoms with Gasteiger partial charge in [-0.2, -0.15) is 0 Å². The Hall–Kier alpha value is -3.83. The number of allylic oxidation sites excluding steroid dienone is 1. The fraction of sp³-hybridized carbons (Fsp3) is 0.308. The molecule has 0 saturated carbocycles. The van der Waals surface area contributed by atoms with E-state index in [1.165, 1.54) is 0 Å². The maximum Gasteiger partial charge on any atom is 0.250 e. The number of aromatic nitrogens is 4. The Bertz CT molecular complexity index is 1340. The fourth-order valence-corrected chi connectivity index (χ4v) is 4.00. The van der Waals surface area contributed by atoms with Gasteiger partial charge in [-0.25, -0.2) is 9.97 Å². The second kappa shape index (κ2) is 10.2. The number of fused-ring (bicyclic) bond motifs is 1. The highest BCUT2D eigenvalue weighted by Crippen LogP contribution is 2.33. The maximum absolute atomic E-state index is 12.0. The first kappa shape index (κ1) is 22.4. The molecule has 1 aromatic carbocycles. The Balaban J connectivity index is 1.34. The zero-order chi connectivity index (χ0) is 23.2. The molecule has 170 valence electrons. The third-order valence-corrected chi connectivity index (χ3v) is 5.86. The molecule has 4 rings (SSSR count). The number of benzene rings is 1. The lowest BCUT2D eigenvalue weighted by Crippen LogP contribution is -2.15. The number of pyridine rings is 1. The normalized spacial score (nSPS) is 11.0. The Morgan fingerprint density at radius 1 is 1.21 bits per heavy atom. The Labute approximate surface area is 192 Å². The van der Waals surface area contributed by atoms with Crippen LogP contribution < -0.4 is 10.3 Å². The topological polar surface area (TPSA) is 85.9 Å². The van der Waals surface area contributed by atoms with Gasteiger partial charge in [-0.05, 0) is 36.8 Å². The molecule has 1 N–H and O–H groups in total. The number of aryl methyl sites for hydroxylation is 2. The highest BCUT2D eigenvalue weighted by Gasteiger charge is 2.13. The molecule has 0 amide bonds. The van der Waals surface area contributed by atoms with Gasteiger partial charge in [-0.1, -0.05) is 19.4 Å². The molecule has 0 bridgehead atoms. The van der Waals surface area contributed by atoms with Crippen LogP contribution in [0.25, 0.3) is 27.7 Å². The summed E-state index contributed by atoms with van der Waals surface area (Å²) in [5.41, 5.74) is 6.49. The third kappa shape index (κ3) is 4.99. The van der Waals surface area contributed by atoms with Crippen molar-refractivity contribution in [2.24, 2.45) is 7.05 Å². The van der Waals surface area contributed by atoms with E-state index in [0.717, 1.165) is 72.1 Å². The minimum Gasteiger partial charge on any atom is -0.496 e. The number of hydrogen-bond acceptors (Lipinski definition) is 5. The van der Waals surface area contributed by atoms with E-state index >= 15 is 0 Å². The lowest BCUT2D eigenvalue weighted by Gasteiger charge is -2.11. The number of oxazole rings is 1. The van der Waals surface area contributed by atoms with Crippen molar-refractivity contribution >= 4 is 16.5 Å². The average Bonchev–Trinajstić information content (AvgIpc) is 3.53. The molecular weight excluding hydrogens is 416 g/mol. The van der Waals surface area contributed by atoms with Crippen LogP contribution in [-0.4, -0.2) is 26.6 Å². The number of rotatable bonds is 10. The van der Waals surface area contributed by atoms with E-state index in [1.54, 1.807) is 37.3 Å². The van der Waals surface area contributed by atoms with Gasteiger partial charge >= 0.3 is 0 Å². The van der Waals surface area contributed by atoms with Crippen LogP contribution in [0, 0.1) is 0 Å². The summed E-state index contributed by atoms with van der Waals surface area (Å²) in [4.78, 5) is 24.1. The standard InChI is InChI=1S/C26H28N4O3/c1-4-18(26-27-13-14-33-26)9-7-5-6-8-10-24-28-17-21(29-24)20-15-19-11-12-25(31)30(2)22(19)16-23(20)32-3/h11-17H,1,5-10H2,2-3H3,(H,28,29). The van der Waals surface area contributed by atoms with Crippen molar-refractivity contribution in [3.63, 3.8) is 0 Å².